The molecule has 0 saturated heterocycles. The molecule has 2 aromatic rings. The lowest BCUT2D eigenvalue weighted by atomic mass is 10.0. The van der Waals surface area contributed by atoms with E-state index in [1.807, 2.05) is 13.2 Å². The van der Waals surface area contributed by atoms with Gasteiger partial charge in [-0.25, -0.2) is 0 Å². The highest BCUT2D eigenvalue weighted by molar-refractivity contribution is 5.88. The predicted molar refractivity (Wildman–Crippen MR) is 74.2 cm³/mol. The average molecular weight is 258 g/mol. The molecule has 19 heavy (non-hydrogen) atoms. The topological polar surface area (TPSA) is 68.2 Å². The SMILES string of the molecule is Cn1cc(CC(N)C(=O)O)c2cccc(C3CC3)c21. The Morgan fingerprint density at radius 1 is 1.53 bits per heavy atom. The lowest BCUT2D eigenvalue weighted by molar-refractivity contribution is -0.138. The minimum absolute atomic E-state index is 0.376. The molecule has 1 aliphatic rings. The van der Waals surface area contributed by atoms with E-state index in [0.717, 1.165) is 10.9 Å². The molecule has 3 N–H and O–H groups in total. The Balaban J connectivity index is 2.07. The number of nitrogens with two attached hydrogens (primary N) is 1. The number of aliphatic carboxylic acids is 1. The molecule has 4 nitrogen and oxygen atoms in total. The van der Waals surface area contributed by atoms with E-state index in [1.165, 1.54) is 23.9 Å². The Morgan fingerprint density at radius 2 is 2.26 bits per heavy atom. The number of aromatic nitrogens is 1. The van der Waals surface area contributed by atoms with Gasteiger partial charge in [0, 0.05) is 25.1 Å². The molecule has 1 fully saturated rings. The largest absolute Gasteiger partial charge is 0.480 e. The molecule has 0 amide bonds. The first-order valence-corrected chi connectivity index (χ1v) is 6.63. The fraction of sp³-hybridized carbons (Fsp3) is 0.400. The molecule has 0 bridgehead atoms. The number of carboxylic acid groups (broad SMARTS) is 1. The number of aryl methyl sites for hydroxylation is 1. The van der Waals surface area contributed by atoms with Crippen molar-refractivity contribution in [1.29, 1.82) is 0 Å². The van der Waals surface area contributed by atoms with Crippen molar-refractivity contribution in [3.8, 4) is 0 Å². The van der Waals surface area contributed by atoms with Crippen molar-refractivity contribution in [2.24, 2.45) is 12.8 Å². The van der Waals surface area contributed by atoms with Crippen molar-refractivity contribution >= 4 is 16.9 Å². The number of carboxylic acids is 1. The van der Waals surface area contributed by atoms with Crippen LogP contribution in [-0.4, -0.2) is 21.7 Å². The van der Waals surface area contributed by atoms with Crippen LogP contribution < -0.4 is 5.73 Å². The van der Waals surface area contributed by atoms with Crippen molar-refractivity contribution in [3.05, 3.63) is 35.5 Å². The summed E-state index contributed by atoms with van der Waals surface area (Å²) in [6, 6.07) is 5.47. The van der Waals surface area contributed by atoms with Crippen LogP contribution >= 0.6 is 0 Å². The predicted octanol–water partition coefficient (Wildman–Crippen LogP) is 2.01. The van der Waals surface area contributed by atoms with Crippen LogP contribution in [0.4, 0.5) is 0 Å². The van der Waals surface area contributed by atoms with E-state index in [2.05, 4.69) is 22.8 Å². The number of hydrogen-bond acceptors (Lipinski definition) is 2. The van der Waals surface area contributed by atoms with Gasteiger partial charge in [0.1, 0.15) is 6.04 Å². The molecule has 100 valence electrons. The van der Waals surface area contributed by atoms with Gasteiger partial charge in [-0.2, -0.15) is 0 Å². The zero-order chi connectivity index (χ0) is 13.6. The summed E-state index contributed by atoms with van der Waals surface area (Å²) in [6.45, 7) is 0. The minimum Gasteiger partial charge on any atom is -0.480 e. The summed E-state index contributed by atoms with van der Waals surface area (Å²) in [7, 11) is 2.02. The second-order valence-electron chi connectivity index (χ2n) is 5.43. The highest BCUT2D eigenvalue weighted by Crippen LogP contribution is 2.43. The second kappa shape index (κ2) is 4.38. The van der Waals surface area contributed by atoms with E-state index in [1.54, 1.807) is 0 Å². The Bertz CT molecular complexity index is 641. The number of fused-ring (bicyclic) bond motifs is 1. The molecule has 1 aliphatic carbocycles. The quantitative estimate of drug-likeness (QED) is 0.881. The number of nitrogens with zero attached hydrogens (tertiary/aromatic N) is 1. The van der Waals surface area contributed by atoms with Crippen molar-refractivity contribution in [1.82, 2.24) is 4.57 Å². The van der Waals surface area contributed by atoms with Crippen LogP contribution in [0.15, 0.2) is 24.4 Å². The number of para-hydroxylation sites is 1. The van der Waals surface area contributed by atoms with Crippen LogP contribution in [0.25, 0.3) is 10.9 Å². The zero-order valence-corrected chi connectivity index (χ0v) is 11.0. The van der Waals surface area contributed by atoms with Crippen LogP contribution in [0.5, 0.6) is 0 Å². The molecule has 1 saturated carbocycles. The molecular weight excluding hydrogens is 240 g/mol. The minimum atomic E-state index is -0.949. The van der Waals surface area contributed by atoms with Gasteiger partial charge in [0.15, 0.2) is 0 Å². The molecule has 1 atom stereocenters. The third-order valence-corrected chi connectivity index (χ3v) is 3.89. The van der Waals surface area contributed by atoms with Gasteiger partial charge in [0.2, 0.25) is 0 Å². The third kappa shape index (κ3) is 2.12. The molecule has 1 aromatic heterocycles. The maximum atomic E-state index is 10.9. The summed E-state index contributed by atoms with van der Waals surface area (Å²) in [5.74, 6) is -0.270. The van der Waals surface area contributed by atoms with Crippen LogP contribution in [0.1, 0.15) is 29.9 Å². The van der Waals surface area contributed by atoms with Gasteiger partial charge in [-0.1, -0.05) is 18.2 Å². The Morgan fingerprint density at radius 3 is 2.89 bits per heavy atom. The van der Waals surface area contributed by atoms with Crippen molar-refractivity contribution in [2.45, 2.75) is 31.2 Å². The molecule has 0 spiro atoms. The van der Waals surface area contributed by atoms with E-state index < -0.39 is 12.0 Å². The normalized spacial score (nSPS) is 16.7. The van der Waals surface area contributed by atoms with Crippen LogP contribution in [0, 0.1) is 0 Å². The van der Waals surface area contributed by atoms with Crippen LogP contribution in [-0.2, 0) is 18.3 Å². The molecule has 0 radical (unpaired) electrons. The molecule has 3 rings (SSSR count). The number of hydrogen-bond donors (Lipinski definition) is 2. The maximum absolute atomic E-state index is 10.9. The van der Waals surface area contributed by atoms with Crippen molar-refractivity contribution < 1.29 is 9.90 Å². The zero-order valence-electron chi connectivity index (χ0n) is 11.0. The number of carbonyl (C=O) groups is 1. The monoisotopic (exact) mass is 258 g/mol. The summed E-state index contributed by atoms with van der Waals surface area (Å²) in [5.41, 5.74) is 9.29. The van der Waals surface area contributed by atoms with E-state index in [-0.39, 0.29) is 0 Å². The molecule has 1 aromatic carbocycles. The Labute approximate surface area is 111 Å². The maximum Gasteiger partial charge on any atom is 0.320 e. The van der Waals surface area contributed by atoms with Gasteiger partial charge in [0.05, 0.1) is 5.52 Å². The highest BCUT2D eigenvalue weighted by atomic mass is 16.4. The molecule has 1 heterocycles. The summed E-state index contributed by atoms with van der Waals surface area (Å²) in [5, 5.41) is 10.1. The van der Waals surface area contributed by atoms with E-state index in [9.17, 15) is 4.79 Å². The highest BCUT2D eigenvalue weighted by Gasteiger charge is 2.27. The van der Waals surface area contributed by atoms with E-state index >= 15 is 0 Å². The summed E-state index contributed by atoms with van der Waals surface area (Å²) in [6.07, 6.45) is 4.91. The van der Waals surface area contributed by atoms with Crippen LogP contribution in [0.2, 0.25) is 0 Å². The summed E-state index contributed by atoms with van der Waals surface area (Å²) >= 11 is 0. The van der Waals surface area contributed by atoms with Gasteiger partial charge < -0.3 is 15.4 Å². The van der Waals surface area contributed by atoms with Gasteiger partial charge in [-0.3, -0.25) is 4.79 Å². The first-order valence-electron chi connectivity index (χ1n) is 6.63. The van der Waals surface area contributed by atoms with E-state index in [0.29, 0.717) is 12.3 Å². The molecule has 4 heteroatoms. The third-order valence-electron chi connectivity index (χ3n) is 3.89. The Hall–Kier alpha value is -1.81. The van der Waals surface area contributed by atoms with Gasteiger partial charge in [-0.05, 0) is 29.9 Å². The van der Waals surface area contributed by atoms with Gasteiger partial charge in [-0.15, -0.1) is 0 Å². The van der Waals surface area contributed by atoms with Crippen molar-refractivity contribution in [2.75, 3.05) is 0 Å². The second-order valence-corrected chi connectivity index (χ2v) is 5.43. The van der Waals surface area contributed by atoms with Gasteiger partial charge in [0.25, 0.3) is 0 Å². The lowest BCUT2D eigenvalue weighted by Crippen LogP contribution is -2.32. The number of benzene rings is 1. The standard InChI is InChI=1S/C15H18N2O2/c1-17-8-10(7-13(16)15(18)19)12-4-2-3-11(14(12)17)9-5-6-9/h2-4,8-9,13H,5-7,16H2,1H3,(H,18,19). The average Bonchev–Trinajstić information content (AvgIpc) is 3.16. The smallest absolute Gasteiger partial charge is 0.320 e. The fourth-order valence-corrected chi connectivity index (χ4v) is 2.79. The van der Waals surface area contributed by atoms with Gasteiger partial charge >= 0.3 is 5.97 Å². The first kappa shape index (κ1) is 12.2. The Kier molecular flexibility index (Phi) is 2.82. The van der Waals surface area contributed by atoms with Crippen molar-refractivity contribution in [3.63, 3.8) is 0 Å². The fourth-order valence-electron chi connectivity index (χ4n) is 2.79. The molecule has 1 unspecified atom stereocenters. The molecule has 0 aliphatic heterocycles. The van der Waals surface area contributed by atoms with E-state index in [4.69, 9.17) is 10.8 Å². The lowest BCUT2D eigenvalue weighted by Gasteiger charge is -2.06. The first-order chi connectivity index (χ1) is 9.08. The number of rotatable bonds is 4. The van der Waals surface area contributed by atoms with Crippen LogP contribution in [0.3, 0.4) is 0 Å². The summed E-state index contributed by atoms with van der Waals surface area (Å²) in [4.78, 5) is 10.9. The molecular formula is C15H18N2O2. The summed E-state index contributed by atoms with van der Waals surface area (Å²) < 4.78 is 2.10.